The van der Waals surface area contributed by atoms with Crippen molar-refractivity contribution in [3.63, 3.8) is 0 Å². The van der Waals surface area contributed by atoms with Crippen molar-refractivity contribution in [2.24, 2.45) is 0 Å². The molecule has 1 aromatic heterocycles. The Bertz CT molecular complexity index is 549. The maximum atomic E-state index is 12.9. The summed E-state index contributed by atoms with van der Waals surface area (Å²) in [7, 11) is -3.45. The molecule has 1 heterocycles. The van der Waals surface area contributed by atoms with Crippen molar-refractivity contribution in [1.29, 1.82) is 0 Å². The van der Waals surface area contributed by atoms with E-state index in [-0.39, 0.29) is 6.04 Å². The lowest BCUT2D eigenvalue weighted by atomic mass is 10.3. The first-order valence-electron chi connectivity index (χ1n) is 7.28. The third-order valence-electron chi connectivity index (χ3n) is 3.47. The van der Waals surface area contributed by atoms with E-state index in [1.807, 2.05) is 13.8 Å². The van der Waals surface area contributed by atoms with E-state index in [0.29, 0.717) is 29.4 Å². The Hall–Kier alpha value is -0.920. The third-order valence-corrected chi connectivity index (χ3v) is 5.62. The first-order valence-corrected chi connectivity index (χ1v) is 8.72. The molecule has 0 spiro atoms. The van der Waals surface area contributed by atoms with Crippen LogP contribution >= 0.6 is 0 Å². The highest BCUT2D eigenvalue weighted by Gasteiger charge is 2.39. The monoisotopic (exact) mass is 300 g/mol. The molecule has 0 saturated heterocycles. The smallest absolute Gasteiger partial charge is 0.247 e. The summed E-state index contributed by atoms with van der Waals surface area (Å²) in [5.74, 6) is 0. The molecule has 0 bridgehead atoms. The Kier molecular flexibility index (Phi) is 4.82. The van der Waals surface area contributed by atoms with Crippen molar-refractivity contribution in [2.75, 3.05) is 13.1 Å². The van der Waals surface area contributed by atoms with Gasteiger partial charge in [0.05, 0.1) is 11.4 Å². The molecule has 1 fully saturated rings. The van der Waals surface area contributed by atoms with Gasteiger partial charge in [0.2, 0.25) is 10.0 Å². The molecule has 0 aliphatic heterocycles. The number of aromatic amines is 1. The zero-order valence-corrected chi connectivity index (χ0v) is 13.3. The SMILES string of the molecule is CCCN(C1CC1)S(=O)(=O)c1c(CNCC)n[nH]c1C. The van der Waals surface area contributed by atoms with E-state index >= 15 is 0 Å². The molecule has 0 radical (unpaired) electrons. The molecule has 1 saturated carbocycles. The summed E-state index contributed by atoms with van der Waals surface area (Å²) in [5, 5.41) is 10.1. The molecule has 7 heteroatoms. The summed E-state index contributed by atoms with van der Waals surface area (Å²) in [6.07, 6.45) is 2.77. The minimum atomic E-state index is -3.45. The van der Waals surface area contributed by atoms with Crippen molar-refractivity contribution in [1.82, 2.24) is 19.8 Å². The Morgan fingerprint density at radius 1 is 1.40 bits per heavy atom. The van der Waals surface area contributed by atoms with Crippen molar-refractivity contribution in [3.05, 3.63) is 11.4 Å². The summed E-state index contributed by atoms with van der Waals surface area (Å²) in [4.78, 5) is 0.360. The fraction of sp³-hybridized carbons (Fsp3) is 0.769. The maximum Gasteiger partial charge on any atom is 0.247 e. The van der Waals surface area contributed by atoms with Gasteiger partial charge in [0.1, 0.15) is 4.90 Å². The fourth-order valence-electron chi connectivity index (χ4n) is 2.37. The van der Waals surface area contributed by atoms with E-state index in [1.54, 1.807) is 11.2 Å². The van der Waals surface area contributed by atoms with Crippen LogP contribution in [0.3, 0.4) is 0 Å². The lowest BCUT2D eigenvalue weighted by Crippen LogP contribution is -2.34. The zero-order valence-electron chi connectivity index (χ0n) is 12.4. The average Bonchev–Trinajstić information content (AvgIpc) is 3.16. The van der Waals surface area contributed by atoms with Crippen molar-refractivity contribution >= 4 is 10.0 Å². The highest BCUT2D eigenvalue weighted by Crippen LogP contribution is 2.33. The summed E-state index contributed by atoms with van der Waals surface area (Å²) in [6, 6.07) is 0.182. The van der Waals surface area contributed by atoms with Crippen LogP contribution in [0.5, 0.6) is 0 Å². The van der Waals surface area contributed by atoms with Gasteiger partial charge in [-0.3, -0.25) is 5.10 Å². The van der Waals surface area contributed by atoms with Gasteiger partial charge in [0.15, 0.2) is 0 Å². The Morgan fingerprint density at radius 3 is 2.65 bits per heavy atom. The number of hydrogen-bond acceptors (Lipinski definition) is 4. The molecule has 114 valence electrons. The maximum absolute atomic E-state index is 12.9. The van der Waals surface area contributed by atoms with Crippen LogP contribution in [0, 0.1) is 6.92 Å². The second kappa shape index (κ2) is 6.24. The van der Waals surface area contributed by atoms with E-state index in [9.17, 15) is 8.42 Å². The Morgan fingerprint density at radius 2 is 2.10 bits per heavy atom. The van der Waals surface area contributed by atoms with Gasteiger partial charge in [-0.05, 0) is 32.7 Å². The number of aromatic nitrogens is 2. The van der Waals surface area contributed by atoms with Crippen LogP contribution in [-0.2, 0) is 16.6 Å². The van der Waals surface area contributed by atoms with E-state index in [2.05, 4.69) is 15.5 Å². The molecule has 0 amide bonds. The van der Waals surface area contributed by atoms with Crippen LogP contribution < -0.4 is 5.32 Å². The molecule has 6 nitrogen and oxygen atoms in total. The second-order valence-electron chi connectivity index (χ2n) is 5.25. The van der Waals surface area contributed by atoms with Crippen LogP contribution in [0.1, 0.15) is 44.5 Å². The van der Waals surface area contributed by atoms with E-state index in [1.165, 1.54) is 0 Å². The minimum absolute atomic E-state index is 0.182. The van der Waals surface area contributed by atoms with Crippen LogP contribution in [0.25, 0.3) is 0 Å². The third kappa shape index (κ3) is 3.05. The average molecular weight is 300 g/mol. The Balaban J connectivity index is 2.34. The molecule has 0 unspecified atom stereocenters. The summed E-state index contributed by atoms with van der Waals surface area (Å²) in [6.45, 7) is 7.60. The number of sulfonamides is 1. The van der Waals surface area contributed by atoms with E-state index in [4.69, 9.17) is 0 Å². The molecule has 1 aliphatic rings. The minimum Gasteiger partial charge on any atom is -0.311 e. The lowest BCUT2D eigenvalue weighted by molar-refractivity contribution is 0.402. The Labute approximate surface area is 121 Å². The topological polar surface area (TPSA) is 78.1 Å². The largest absolute Gasteiger partial charge is 0.311 e. The molecule has 0 atom stereocenters. The summed E-state index contributed by atoms with van der Waals surface area (Å²) in [5.41, 5.74) is 1.21. The standard InChI is InChI=1S/C13H24N4O2S/c1-4-8-17(11-6-7-11)20(18,19)13-10(3)15-16-12(13)9-14-5-2/h11,14H,4-9H2,1-3H3,(H,15,16). The summed E-state index contributed by atoms with van der Waals surface area (Å²) >= 11 is 0. The fourth-order valence-corrected chi connectivity index (χ4v) is 4.48. The number of nitrogens with zero attached hydrogens (tertiary/aromatic N) is 2. The number of H-pyrrole nitrogens is 1. The van der Waals surface area contributed by atoms with Gasteiger partial charge < -0.3 is 5.32 Å². The molecular formula is C13H24N4O2S. The molecule has 1 aliphatic carbocycles. The first-order chi connectivity index (χ1) is 9.52. The van der Waals surface area contributed by atoms with Crippen molar-refractivity contribution in [2.45, 2.75) is 57.5 Å². The quantitative estimate of drug-likeness (QED) is 0.760. The van der Waals surface area contributed by atoms with Gasteiger partial charge >= 0.3 is 0 Å². The first kappa shape index (κ1) is 15.5. The molecule has 1 aromatic rings. The second-order valence-corrected chi connectivity index (χ2v) is 7.08. The molecule has 0 aromatic carbocycles. The van der Waals surface area contributed by atoms with E-state index < -0.39 is 10.0 Å². The molecule has 2 rings (SSSR count). The van der Waals surface area contributed by atoms with Gasteiger partial charge in [-0.15, -0.1) is 0 Å². The predicted molar refractivity (Wildman–Crippen MR) is 77.9 cm³/mol. The predicted octanol–water partition coefficient (Wildman–Crippen LogP) is 1.39. The lowest BCUT2D eigenvalue weighted by Gasteiger charge is -2.21. The van der Waals surface area contributed by atoms with Crippen LogP contribution in [-0.4, -0.2) is 42.1 Å². The van der Waals surface area contributed by atoms with Gasteiger partial charge in [0.25, 0.3) is 0 Å². The van der Waals surface area contributed by atoms with Crippen LogP contribution in [0.2, 0.25) is 0 Å². The molecule has 20 heavy (non-hydrogen) atoms. The van der Waals surface area contributed by atoms with Crippen molar-refractivity contribution < 1.29 is 8.42 Å². The van der Waals surface area contributed by atoms with Gasteiger partial charge in [-0.2, -0.15) is 9.40 Å². The number of nitrogens with one attached hydrogen (secondary N) is 2. The zero-order chi connectivity index (χ0) is 14.8. The van der Waals surface area contributed by atoms with E-state index in [0.717, 1.165) is 25.8 Å². The molecular weight excluding hydrogens is 276 g/mol. The van der Waals surface area contributed by atoms with Gasteiger partial charge in [0, 0.05) is 19.1 Å². The number of aryl methyl sites for hydroxylation is 1. The normalized spacial score (nSPS) is 16.0. The number of rotatable bonds is 8. The van der Waals surface area contributed by atoms with Crippen LogP contribution in [0.4, 0.5) is 0 Å². The van der Waals surface area contributed by atoms with Gasteiger partial charge in [-0.1, -0.05) is 13.8 Å². The molecule has 2 N–H and O–H groups in total. The highest BCUT2D eigenvalue weighted by atomic mass is 32.2. The van der Waals surface area contributed by atoms with Crippen molar-refractivity contribution in [3.8, 4) is 0 Å². The highest BCUT2D eigenvalue weighted by molar-refractivity contribution is 7.89. The number of hydrogen-bond donors (Lipinski definition) is 2. The summed E-state index contributed by atoms with van der Waals surface area (Å²) < 4.78 is 27.5. The van der Waals surface area contributed by atoms with Crippen LogP contribution in [0.15, 0.2) is 4.90 Å². The van der Waals surface area contributed by atoms with Gasteiger partial charge in [-0.25, -0.2) is 8.42 Å².